The van der Waals surface area contributed by atoms with Gasteiger partial charge in [0.05, 0.1) is 5.92 Å². The van der Waals surface area contributed by atoms with Crippen LogP contribution in [0, 0.1) is 5.92 Å². The first kappa shape index (κ1) is 18.8. The Morgan fingerprint density at radius 1 is 1.11 bits per heavy atom. The highest BCUT2D eigenvalue weighted by Gasteiger charge is 2.34. The minimum atomic E-state index is -1.10. The zero-order chi connectivity index (χ0) is 19.7. The van der Waals surface area contributed by atoms with Gasteiger partial charge in [0, 0.05) is 36.8 Å². The van der Waals surface area contributed by atoms with Crippen molar-refractivity contribution in [3.8, 4) is 11.3 Å². The zero-order valence-corrected chi connectivity index (χ0v) is 16.2. The molecule has 148 valence electrons. The molecule has 1 unspecified atom stereocenters. The fourth-order valence-corrected chi connectivity index (χ4v) is 4.18. The average Bonchev–Trinajstić information content (AvgIpc) is 3.38. The first-order chi connectivity index (χ1) is 13.5. The summed E-state index contributed by atoms with van der Waals surface area (Å²) in [6, 6.07) is 6.76. The Morgan fingerprint density at radius 2 is 1.82 bits per heavy atom. The van der Waals surface area contributed by atoms with Crippen molar-refractivity contribution in [3.05, 3.63) is 34.9 Å². The second kappa shape index (κ2) is 7.83. The number of aromatic carboxylic acids is 1. The number of rotatable bonds is 4. The Morgan fingerprint density at radius 3 is 2.50 bits per heavy atom. The summed E-state index contributed by atoms with van der Waals surface area (Å²) >= 11 is 5.92. The maximum absolute atomic E-state index is 12.8. The van der Waals surface area contributed by atoms with Crippen LogP contribution in [-0.4, -0.2) is 53.2 Å². The molecule has 0 aliphatic carbocycles. The molecule has 2 saturated heterocycles. The number of carboxylic acids is 1. The summed E-state index contributed by atoms with van der Waals surface area (Å²) in [4.78, 5) is 28.6. The number of hydrogen-bond acceptors (Lipinski definition) is 5. The summed E-state index contributed by atoms with van der Waals surface area (Å²) in [5.74, 6) is -0.581. The van der Waals surface area contributed by atoms with Gasteiger partial charge >= 0.3 is 5.97 Å². The van der Waals surface area contributed by atoms with Crippen molar-refractivity contribution in [2.75, 3.05) is 31.1 Å². The van der Waals surface area contributed by atoms with Crippen LogP contribution in [0.3, 0.4) is 0 Å². The van der Waals surface area contributed by atoms with Gasteiger partial charge in [0.2, 0.25) is 5.91 Å². The number of anilines is 1. The molecule has 28 heavy (non-hydrogen) atoms. The third-order valence-corrected chi connectivity index (χ3v) is 5.73. The van der Waals surface area contributed by atoms with Gasteiger partial charge in [0.1, 0.15) is 0 Å². The van der Waals surface area contributed by atoms with Crippen LogP contribution in [0.4, 0.5) is 5.82 Å². The zero-order valence-electron chi connectivity index (χ0n) is 15.4. The minimum Gasteiger partial charge on any atom is -0.477 e. The molecule has 0 spiro atoms. The van der Waals surface area contributed by atoms with Gasteiger partial charge in [-0.3, -0.25) is 4.79 Å². The number of amides is 1. The molecule has 4 rings (SSSR count). The summed E-state index contributed by atoms with van der Waals surface area (Å²) in [6.45, 7) is 2.75. The van der Waals surface area contributed by atoms with Crippen LogP contribution in [0.15, 0.2) is 28.8 Å². The van der Waals surface area contributed by atoms with E-state index in [0.717, 1.165) is 38.8 Å². The molecule has 3 heterocycles. The van der Waals surface area contributed by atoms with E-state index < -0.39 is 5.97 Å². The number of likely N-dealkylation sites (tertiary alicyclic amines) is 1. The number of carbonyl (C=O) groups excluding carboxylic acids is 1. The number of halogens is 1. The van der Waals surface area contributed by atoms with Crippen LogP contribution in [0.5, 0.6) is 0 Å². The topological polar surface area (TPSA) is 86.9 Å². The molecule has 1 atom stereocenters. The lowest BCUT2D eigenvalue weighted by molar-refractivity contribution is -0.134. The van der Waals surface area contributed by atoms with Gasteiger partial charge in [-0.15, -0.1) is 0 Å². The van der Waals surface area contributed by atoms with Crippen LogP contribution < -0.4 is 4.90 Å². The standard InChI is InChI=1S/C20H22ClN3O4/c21-15-7-5-13(6-8-15)17-16(20(26)27)18(22-28-17)24-11-3-4-14(12-24)19(25)23-9-1-2-10-23/h5-8,14H,1-4,9-12H2,(H,26,27). The van der Waals surface area contributed by atoms with Crippen molar-refractivity contribution in [2.45, 2.75) is 25.7 Å². The highest BCUT2D eigenvalue weighted by atomic mass is 35.5. The molecule has 1 aromatic heterocycles. The largest absolute Gasteiger partial charge is 0.477 e. The lowest BCUT2D eigenvalue weighted by Crippen LogP contribution is -2.44. The Bertz CT molecular complexity index is 874. The van der Waals surface area contributed by atoms with Crippen molar-refractivity contribution < 1.29 is 19.2 Å². The fourth-order valence-electron chi connectivity index (χ4n) is 4.06. The highest BCUT2D eigenvalue weighted by molar-refractivity contribution is 6.30. The second-order valence-electron chi connectivity index (χ2n) is 7.34. The van der Waals surface area contributed by atoms with E-state index in [1.807, 2.05) is 9.80 Å². The Hall–Kier alpha value is -2.54. The quantitative estimate of drug-likeness (QED) is 0.840. The van der Waals surface area contributed by atoms with Gasteiger partial charge in [-0.25, -0.2) is 4.79 Å². The SMILES string of the molecule is O=C(O)c1c(N2CCCC(C(=O)N3CCCC3)C2)noc1-c1ccc(Cl)cc1. The molecule has 2 aliphatic heterocycles. The summed E-state index contributed by atoms with van der Waals surface area (Å²) < 4.78 is 5.42. The smallest absolute Gasteiger partial charge is 0.343 e. The molecule has 2 aliphatic rings. The van der Waals surface area contributed by atoms with E-state index in [-0.39, 0.29) is 29.0 Å². The van der Waals surface area contributed by atoms with E-state index in [1.54, 1.807) is 24.3 Å². The number of piperidine rings is 1. The average molecular weight is 404 g/mol. The number of hydrogen-bond donors (Lipinski definition) is 1. The van der Waals surface area contributed by atoms with E-state index in [1.165, 1.54) is 0 Å². The van der Waals surface area contributed by atoms with E-state index in [4.69, 9.17) is 16.1 Å². The van der Waals surface area contributed by atoms with Gasteiger partial charge in [-0.05, 0) is 49.9 Å². The van der Waals surface area contributed by atoms with Crippen molar-refractivity contribution in [1.29, 1.82) is 0 Å². The van der Waals surface area contributed by atoms with Crippen molar-refractivity contribution in [2.24, 2.45) is 5.92 Å². The monoisotopic (exact) mass is 403 g/mol. The van der Waals surface area contributed by atoms with E-state index in [9.17, 15) is 14.7 Å². The van der Waals surface area contributed by atoms with Gasteiger partial charge in [0.25, 0.3) is 0 Å². The molecule has 0 bridgehead atoms. The van der Waals surface area contributed by atoms with Gasteiger partial charge in [0.15, 0.2) is 17.1 Å². The van der Waals surface area contributed by atoms with Crippen LogP contribution in [0.2, 0.25) is 5.02 Å². The number of aromatic nitrogens is 1. The van der Waals surface area contributed by atoms with E-state index in [2.05, 4.69) is 5.16 Å². The maximum Gasteiger partial charge on any atom is 0.343 e. The van der Waals surface area contributed by atoms with Crippen LogP contribution in [0.25, 0.3) is 11.3 Å². The molecule has 2 fully saturated rings. The first-order valence-electron chi connectivity index (χ1n) is 9.57. The molecule has 2 aromatic rings. The molecule has 1 amide bonds. The predicted octanol–water partition coefficient (Wildman–Crippen LogP) is 3.53. The molecule has 1 N–H and O–H groups in total. The minimum absolute atomic E-state index is 0.0246. The lowest BCUT2D eigenvalue weighted by Gasteiger charge is -2.34. The van der Waals surface area contributed by atoms with Gasteiger partial charge in [-0.1, -0.05) is 16.8 Å². The normalized spacial score (nSPS) is 19.8. The second-order valence-corrected chi connectivity index (χ2v) is 7.78. The summed E-state index contributed by atoms with van der Waals surface area (Å²) in [7, 11) is 0. The number of carboxylic acid groups (broad SMARTS) is 1. The summed E-state index contributed by atoms with van der Waals surface area (Å²) in [5, 5.41) is 14.4. The Labute approximate surface area is 167 Å². The Kier molecular flexibility index (Phi) is 5.26. The number of nitrogens with zero attached hydrogens (tertiary/aromatic N) is 3. The van der Waals surface area contributed by atoms with Crippen LogP contribution in [0.1, 0.15) is 36.0 Å². The molecule has 8 heteroatoms. The lowest BCUT2D eigenvalue weighted by atomic mass is 9.96. The van der Waals surface area contributed by atoms with Crippen molar-refractivity contribution in [3.63, 3.8) is 0 Å². The van der Waals surface area contributed by atoms with Crippen LogP contribution >= 0.6 is 11.6 Å². The molecule has 0 saturated carbocycles. The number of carbonyl (C=O) groups is 2. The summed E-state index contributed by atoms with van der Waals surface area (Å²) in [5.41, 5.74) is 0.624. The maximum atomic E-state index is 12.8. The molecule has 1 aromatic carbocycles. The fraction of sp³-hybridized carbons (Fsp3) is 0.450. The third kappa shape index (κ3) is 3.58. The molecule has 7 nitrogen and oxygen atoms in total. The molecule has 0 radical (unpaired) electrons. The third-order valence-electron chi connectivity index (χ3n) is 5.48. The Balaban J connectivity index is 1.60. The van der Waals surface area contributed by atoms with Gasteiger partial charge in [-0.2, -0.15) is 0 Å². The van der Waals surface area contributed by atoms with E-state index >= 15 is 0 Å². The molecular weight excluding hydrogens is 382 g/mol. The number of benzene rings is 1. The van der Waals surface area contributed by atoms with Gasteiger partial charge < -0.3 is 19.4 Å². The first-order valence-corrected chi connectivity index (χ1v) is 9.95. The van der Waals surface area contributed by atoms with Crippen molar-refractivity contribution >= 4 is 29.3 Å². The molecular formula is C20H22ClN3O4. The van der Waals surface area contributed by atoms with Crippen molar-refractivity contribution in [1.82, 2.24) is 10.1 Å². The van der Waals surface area contributed by atoms with Crippen LogP contribution in [-0.2, 0) is 4.79 Å². The summed E-state index contributed by atoms with van der Waals surface area (Å²) in [6.07, 6.45) is 3.74. The van der Waals surface area contributed by atoms with E-state index in [0.29, 0.717) is 23.7 Å². The highest BCUT2D eigenvalue weighted by Crippen LogP contribution is 2.34. The predicted molar refractivity (Wildman–Crippen MR) is 105 cm³/mol.